The normalized spacial score (nSPS) is 36.8. The first-order valence-corrected chi connectivity index (χ1v) is 2.75. The van der Waals surface area contributed by atoms with E-state index in [-0.39, 0.29) is 18.4 Å². The molecule has 1 heterocycles. The van der Waals surface area contributed by atoms with Gasteiger partial charge in [-0.15, -0.1) is 0 Å². The lowest BCUT2D eigenvalue weighted by Crippen LogP contribution is -2.44. The first kappa shape index (κ1) is 4.68. The predicted octanol–water partition coefficient (Wildman–Crippen LogP) is 0.758. The van der Waals surface area contributed by atoms with Gasteiger partial charge in [0.15, 0.2) is 0 Å². The molecule has 1 aliphatic carbocycles. The average Bonchev–Trinajstić information content (AvgIpc) is 2.12. The van der Waals surface area contributed by atoms with Gasteiger partial charge in [0.2, 0.25) is 0 Å². The summed E-state index contributed by atoms with van der Waals surface area (Å²) in [7, 11) is 0. The van der Waals surface area contributed by atoms with E-state index < -0.39 is 5.92 Å². The fourth-order valence-corrected chi connectivity index (χ4v) is 1.31. The molecule has 1 spiro atoms. The van der Waals surface area contributed by atoms with E-state index in [4.69, 9.17) is 0 Å². The number of hydrogen-bond donors (Lipinski definition) is 1. The first-order valence-electron chi connectivity index (χ1n) is 2.75. The summed E-state index contributed by atoms with van der Waals surface area (Å²) >= 11 is 0. The van der Waals surface area contributed by atoms with Gasteiger partial charge in [0, 0.05) is 24.9 Å². The third-order valence-corrected chi connectivity index (χ3v) is 1.87. The van der Waals surface area contributed by atoms with Crippen LogP contribution in [0.4, 0.5) is 8.78 Å². The maximum atomic E-state index is 12.0. The molecule has 2 fully saturated rings. The van der Waals surface area contributed by atoms with Crippen LogP contribution in [-0.4, -0.2) is 18.0 Å². The molecule has 0 unspecified atom stereocenters. The van der Waals surface area contributed by atoms with Crippen molar-refractivity contribution in [1.82, 2.24) is 5.32 Å². The molecule has 8 heavy (non-hydrogen) atoms. The van der Waals surface area contributed by atoms with E-state index in [1.807, 2.05) is 0 Å². The van der Waals surface area contributed by atoms with E-state index in [1.165, 1.54) is 0 Å². The van der Waals surface area contributed by atoms with Crippen molar-refractivity contribution in [2.75, 3.05) is 6.54 Å². The molecule has 1 N–H and O–H groups in total. The highest BCUT2D eigenvalue weighted by Crippen LogP contribution is 2.50. The van der Waals surface area contributed by atoms with Crippen LogP contribution < -0.4 is 5.32 Å². The number of hydrogen-bond acceptors (Lipinski definition) is 1. The molecule has 0 atom stereocenters. The third kappa shape index (κ3) is 0.478. The van der Waals surface area contributed by atoms with Crippen LogP contribution >= 0.6 is 0 Å². The minimum atomic E-state index is -2.34. The maximum Gasteiger partial charge on any atom is 0.251 e. The minimum absolute atomic E-state index is 0.0694. The van der Waals surface area contributed by atoms with Crippen molar-refractivity contribution in [1.29, 1.82) is 0 Å². The van der Waals surface area contributed by atoms with Gasteiger partial charge in [-0.25, -0.2) is 8.78 Å². The third-order valence-electron chi connectivity index (χ3n) is 1.87. The summed E-state index contributed by atoms with van der Waals surface area (Å²) in [6.45, 7) is 0.808. The molecule has 1 saturated carbocycles. The first-order chi connectivity index (χ1) is 3.62. The summed E-state index contributed by atoms with van der Waals surface area (Å²) in [5.41, 5.74) is -0.0938. The lowest BCUT2D eigenvalue weighted by molar-refractivity contribution is -0.0947. The van der Waals surface area contributed by atoms with E-state index in [1.54, 1.807) is 0 Å². The van der Waals surface area contributed by atoms with Crippen molar-refractivity contribution >= 4 is 0 Å². The quantitative estimate of drug-likeness (QED) is 0.467. The number of rotatable bonds is 0. The van der Waals surface area contributed by atoms with Gasteiger partial charge in [-0.2, -0.15) is 0 Å². The summed E-state index contributed by atoms with van der Waals surface area (Å²) < 4.78 is 24.1. The van der Waals surface area contributed by atoms with Crippen molar-refractivity contribution in [3.63, 3.8) is 0 Å². The molecule has 2 rings (SSSR count). The Hall–Kier alpha value is -0.180. The van der Waals surface area contributed by atoms with Crippen molar-refractivity contribution in [2.45, 2.75) is 24.3 Å². The van der Waals surface area contributed by atoms with E-state index in [2.05, 4.69) is 5.32 Å². The van der Waals surface area contributed by atoms with Gasteiger partial charge in [0.25, 0.3) is 5.92 Å². The Balaban J connectivity index is 2.00. The monoisotopic (exact) mass is 119 g/mol. The average molecular weight is 119 g/mol. The second-order valence-electron chi connectivity index (χ2n) is 2.84. The highest BCUT2D eigenvalue weighted by atomic mass is 19.3. The van der Waals surface area contributed by atoms with Crippen molar-refractivity contribution in [3.8, 4) is 0 Å². The molecule has 0 aromatic rings. The molecule has 1 nitrogen and oxygen atoms in total. The Morgan fingerprint density at radius 1 is 1.25 bits per heavy atom. The maximum absolute atomic E-state index is 12.0. The summed E-state index contributed by atoms with van der Waals surface area (Å²) in [6.07, 6.45) is 0.139. The fourth-order valence-electron chi connectivity index (χ4n) is 1.31. The van der Waals surface area contributed by atoms with E-state index in [0.29, 0.717) is 0 Å². The molecular weight excluding hydrogens is 112 g/mol. The topological polar surface area (TPSA) is 21.9 Å². The Morgan fingerprint density at radius 3 is 1.88 bits per heavy atom. The van der Waals surface area contributed by atoms with Gasteiger partial charge in [-0.3, -0.25) is 0 Å². The van der Waals surface area contributed by atoms with Gasteiger partial charge in [0.05, 0.1) is 0 Å². The van der Waals surface area contributed by atoms with Crippen molar-refractivity contribution in [3.05, 3.63) is 0 Å². The van der Waals surface area contributed by atoms with E-state index >= 15 is 0 Å². The number of halogens is 2. The molecule has 0 radical (unpaired) electrons. The number of nitrogens with one attached hydrogen (secondary N) is 1. The second kappa shape index (κ2) is 0.923. The van der Waals surface area contributed by atoms with Crippen LogP contribution in [0.15, 0.2) is 0 Å². The second-order valence-corrected chi connectivity index (χ2v) is 2.84. The smallest absolute Gasteiger partial charge is 0.251 e. The Bertz CT molecular complexity index is 116. The van der Waals surface area contributed by atoms with Crippen LogP contribution in [0.5, 0.6) is 0 Å². The molecule has 46 valence electrons. The Kier molecular flexibility index (Phi) is 0.539. The van der Waals surface area contributed by atoms with Crippen molar-refractivity contribution < 1.29 is 8.78 Å². The Morgan fingerprint density at radius 2 is 1.75 bits per heavy atom. The van der Waals surface area contributed by atoms with Crippen LogP contribution in [-0.2, 0) is 0 Å². The standard InChI is InChI=1S/C5H7F2N/c6-5(7)1-4(2-5)3-8-4/h8H,1-3H2. The molecule has 2 aliphatic rings. The Labute approximate surface area is 46.1 Å². The van der Waals surface area contributed by atoms with Crippen LogP contribution in [0, 0.1) is 0 Å². The molecule has 0 amide bonds. The van der Waals surface area contributed by atoms with Gasteiger partial charge in [-0.05, 0) is 0 Å². The van der Waals surface area contributed by atoms with Crippen LogP contribution in [0.3, 0.4) is 0 Å². The van der Waals surface area contributed by atoms with Gasteiger partial charge < -0.3 is 5.32 Å². The highest BCUT2D eigenvalue weighted by molar-refractivity contribution is 5.16. The van der Waals surface area contributed by atoms with E-state index in [9.17, 15) is 8.78 Å². The zero-order valence-corrected chi connectivity index (χ0v) is 4.38. The molecule has 3 heteroatoms. The lowest BCUT2D eigenvalue weighted by Gasteiger charge is -2.33. The van der Waals surface area contributed by atoms with Crippen LogP contribution in [0.1, 0.15) is 12.8 Å². The molecule has 0 aromatic carbocycles. The molecule has 0 aromatic heterocycles. The van der Waals surface area contributed by atoms with Gasteiger partial charge in [0.1, 0.15) is 0 Å². The van der Waals surface area contributed by atoms with Gasteiger partial charge in [-0.1, -0.05) is 0 Å². The summed E-state index contributed by atoms with van der Waals surface area (Å²) in [5, 5.41) is 2.92. The van der Waals surface area contributed by atoms with E-state index in [0.717, 1.165) is 6.54 Å². The molecular formula is C5H7F2N. The largest absolute Gasteiger partial charge is 0.308 e. The summed E-state index contributed by atoms with van der Waals surface area (Å²) in [5.74, 6) is -2.34. The molecule has 1 saturated heterocycles. The van der Waals surface area contributed by atoms with Crippen LogP contribution in [0.2, 0.25) is 0 Å². The summed E-state index contributed by atoms with van der Waals surface area (Å²) in [4.78, 5) is 0. The van der Waals surface area contributed by atoms with Crippen LogP contribution in [0.25, 0.3) is 0 Å². The zero-order valence-electron chi connectivity index (χ0n) is 4.38. The zero-order chi connectivity index (χ0) is 5.83. The van der Waals surface area contributed by atoms with Gasteiger partial charge >= 0.3 is 0 Å². The van der Waals surface area contributed by atoms with Crippen molar-refractivity contribution in [2.24, 2.45) is 0 Å². The highest BCUT2D eigenvalue weighted by Gasteiger charge is 2.62. The minimum Gasteiger partial charge on any atom is -0.308 e. The molecule has 1 aliphatic heterocycles. The number of alkyl halides is 2. The predicted molar refractivity (Wildman–Crippen MR) is 24.9 cm³/mol. The summed E-state index contributed by atoms with van der Waals surface area (Å²) in [6, 6.07) is 0. The lowest BCUT2D eigenvalue weighted by atomic mass is 9.81. The fraction of sp³-hybridized carbons (Fsp3) is 1.00. The SMILES string of the molecule is FC1(F)CC2(CN2)C1. The molecule has 0 bridgehead atoms.